The summed E-state index contributed by atoms with van der Waals surface area (Å²) in [6, 6.07) is 11.5. The number of aryl methyl sites for hydroxylation is 2. The van der Waals surface area contributed by atoms with Crippen LogP contribution in [0, 0.1) is 20.8 Å². The minimum atomic E-state index is -4.34. The largest absolute Gasteiger partial charge is 0.489 e. The van der Waals surface area contributed by atoms with Crippen LogP contribution in [-0.4, -0.2) is 41.9 Å². The molecule has 2 aromatic carbocycles. The maximum Gasteiger partial charge on any atom is 0.416 e. The van der Waals surface area contributed by atoms with Gasteiger partial charge in [0.05, 0.1) is 10.4 Å². The first-order valence-corrected chi connectivity index (χ1v) is 12.4. The lowest BCUT2D eigenvalue weighted by atomic mass is 10.1. The van der Waals surface area contributed by atoms with Gasteiger partial charge in [-0.1, -0.05) is 24.3 Å². The number of thiophene rings is 1. The molecule has 0 bridgehead atoms. The Morgan fingerprint density at radius 1 is 1.00 bits per heavy atom. The molecule has 0 saturated carbocycles. The van der Waals surface area contributed by atoms with E-state index in [1.54, 1.807) is 6.07 Å². The Bertz CT molecular complexity index is 1200. The van der Waals surface area contributed by atoms with Crippen LogP contribution in [0.2, 0.25) is 0 Å². The SMILES string of the molecule is Cc1cc(C)c(C)c(OCc2csc(C(=O)N3CCN(Cc4cccc(C(F)(F)F)c4)CC3)c2)c1. The van der Waals surface area contributed by atoms with Crippen molar-refractivity contribution in [1.29, 1.82) is 0 Å². The topological polar surface area (TPSA) is 32.8 Å². The molecule has 3 aromatic rings. The lowest BCUT2D eigenvalue weighted by Crippen LogP contribution is -2.48. The molecule has 1 aliphatic rings. The first-order chi connectivity index (χ1) is 16.6. The van der Waals surface area contributed by atoms with Crippen LogP contribution in [0.15, 0.2) is 47.8 Å². The second-order valence-electron chi connectivity index (χ2n) is 9.08. The number of carbonyl (C=O) groups excluding carboxylic acids is 1. The van der Waals surface area contributed by atoms with Gasteiger partial charge < -0.3 is 9.64 Å². The third-order valence-electron chi connectivity index (χ3n) is 6.34. The molecule has 1 aliphatic heterocycles. The lowest BCUT2D eigenvalue weighted by molar-refractivity contribution is -0.137. The number of nitrogens with zero attached hydrogens (tertiary/aromatic N) is 2. The summed E-state index contributed by atoms with van der Waals surface area (Å²) < 4.78 is 44.9. The molecular formula is C27H29F3N2O2S. The van der Waals surface area contributed by atoms with Crippen LogP contribution in [0.3, 0.4) is 0 Å². The molecule has 0 unspecified atom stereocenters. The van der Waals surface area contributed by atoms with Gasteiger partial charge >= 0.3 is 6.18 Å². The molecule has 186 valence electrons. The monoisotopic (exact) mass is 502 g/mol. The first kappa shape index (κ1) is 25.3. The number of rotatable bonds is 6. The number of halogens is 3. The van der Waals surface area contributed by atoms with Crippen molar-refractivity contribution in [3.05, 3.63) is 86.1 Å². The number of piperazine rings is 1. The Balaban J connectivity index is 1.30. The maximum atomic E-state index is 13.0. The van der Waals surface area contributed by atoms with Gasteiger partial charge in [0.25, 0.3) is 5.91 Å². The summed E-state index contributed by atoms with van der Waals surface area (Å²) in [4.78, 5) is 17.6. The van der Waals surface area contributed by atoms with Gasteiger partial charge in [0.1, 0.15) is 12.4 Å². The molecule has 1 saturated heterocycles. The molecule has 8 heteroatoms. The minimum Gasteiger partial charge on any atom is -0.489 e. The van der Waals surface area contributed by atoms with E-state index in [2.05, 4.69) is 17.9 Å². The highest BCUT2D eigenvalue weighted by molar-refractivity contribution is 7.12. The van der Waals surface area contributed by atoms with Crippen LogP contribution in [0.5, 0.6) is 5.75 Å². The van der Waals surface area contributed by atoms with Gasteiger partial charge in [-0.3, -0.25) is 9.69 Å². The Hall–Kier alpha value is -2.84. The van der Waals surface area contributed by atoms with E-state index in [0.29, 0.717) is 49.8 Å². The van der Waals surface area contributed by atoms with Crippen LogP contribution in [0.25, 0.3) is 0 Å². The predicted octanol–water partition coefficient (Wildman–Crippen LogP) is 6.23. The second-order valence-corrected chi connectivity index (χ2v) is 9.99. The van der Waals surface area contributed by atoms with Crippen molar-refractivity contribution in [2.24, 2.45) is 0 Å². The third kappa shape index (κ3) is 6.24. The van der Waals surface area contributed by atoms with Gasteiger partial charge in [-0.05, 0) is 66.6 Å². The van der Waals surface area contributed by atoms with Crippen molar-refractivity contribution in [2.75, 3.05) is 26.2 Å². The molecule has 1 aromatic heterocycles. The summed E-state index contributed by atoms with van der Waals surface area (Å²) in [7, 11) is 0. The molecule has 0 spiro atoms. The van der Waals surface area contributed by atoms with E-state index in [-0.39, 0.29) is 5.91 Å². The van der Waals surface area contributed by atoms with E-state index in [1.165, 1.54) is 29.0 Å². The molecular weight excluding hydrogens is 473 g/mol. The number of ether oxygens (including phenoxy) is 1. The maximum absolute atomic E-state index is 13.0. The van der Waals surface area contributed by atoms with E-state index in [1.807, 2.05) is 36.3 Å². The highest BCUT2D eigenvalue weighted by Crippen LogP contribution is 2.30. The van der Waals surface area contributed by atoms with Gasteiger partial charge in [0.2, 0.25) is 0 Å². The van der Waals surface area contributed by atoms with E-state index in [0.717, 1.165) is 28.5 Å². The zero-order valence-corrected chi connectivity index (χ0v) is 20.9. The zero-order chi connectivity index (χ0) is 25.2. The Labute approximate surface area is 207 Å². The molecule has 0 aliphatic carbocycles. The van der Waals surface area contributed by atoms with Crippen molar-refractivity contribution in [3.8, 4) is 5.75 Å². The van der Waals surface area contributed by atoms with Gasteiger partial charge in [0, 0.05) is 38.3 Å². The average molecular weight is 503 g/mol. The van der Waals surface area contributed by atoms with Crippen LogP contribution < -0.4 is 4.74 Å². The van der Waals surface area contributed by atoms with Crippen LogP contribution in [0.4, 0.5) is 13.2 Å². The van der Waals surface area contributed by atoms with Gasteiger partial charge in [-0.2, -0.15) is 13.2 Å². The van der Waals surface area contributed by atoms with Crippen LogP contribution in [-0.2, 0) is 19.3 Å². The summed E-state index contributed by atoms with van der Waals surface area (Å²) in [6.07, 6.45) is -4.34. The summed E-state index contributed by atoms with van der Waals surface area (Å²) in [5, 5.41) is 1.95. The normalized spacial score (nSPS) is 14.9. The van der Waals surface area contributed by atoms with Gasteiger partial charge in [-0.25, -0.2) is 0 Å². The molecule has 4 rings (SSSR count). The standard InChI is InChI=1S/C27H29F3N2O2S/c1-18-11-19(2)20(3)24(12-18)34-16-22-14-25(35-17-22)26(33)32-9-7-31(8-10-32)15-21-5-4-6-23(13-21)27(28,29)30/h4-6,11-14,17H,7-10,15-16H2,1-3H3. The molecule has 35 heavy (non-hydrogen) atoms. The van der Waals surface area contributed by atoms with Crippen LogP contribution in [0.1, 0.15) is 43.1 Å². The fourth-order valence-corrected chi connectivity index (χ4v) is 5.11. The van der Waals surface area contributed by atoms with Crippen molar-refractivity contribution in [2.45, 2.75) is 40.1 Å². The third-order valence-corrected chi connectivity index (χ3v) is 7.31. The fourth-order valence-electron chi connectivity index (χ4n) is 4.24. The summed E-state index contributed by atoms with van der Waals surface area (Å²) in [5.41, 5.74) is 4.41. The van der Waals surface area contributed by atoms with E-state index >= 15 is 0 Å². The van der Waals surface area contributed by atoms with Gasteiger partial charge in [-0.15, -0.1) is 11.3 Å². The van der Waals surface area contributed by atoms with Crippen LogP contribution >= 0.6 is 11.3 Å². The summed E-state index contributed by atoms with van der Waals surface area (Å²) in [5.74, 6) is 0.848. The van der Waals surface area contributed by atoms with E-state index < -0.39 is 11.7 Å². The smallest absolute Gasteiger partial charge is 0.416 e. The summed E-state index contributed by atoms with van der Waals surface area (Å²) >= 11 is 1.41. The van der Waals surface area contributed by atoms with Crippen molar-refractivity contribution >= 4 is 17.2 Å². The molecule has 1 amide bonds. The quantitative estimate of drug-likeness (QED) is 0.401. The molecule has 2 heterocycles. The number of hydrogen-bond acceptors (Lipinski definition) is 4. The number of alkyl halides is 3. The fraction of sp³-hybridized carbons (Fsp3) is 0.370. The molecule has 1 fully saturated rings. The first-order valence-electron chi connectivity index (χ1n) is 11.6. The number of hydrogen-bond donors (Lipinski definition) is 0. The minimum absolute atomic E-state index is 0.0115. The summed E-state index contributed by atoms with van der Waals surface area (Å²) in [6.45, 7) is 9.31. The second kappa shape index (κ2) is 10.4. The highest BCUT2D eigenvalue weighted by atomic mass is 32.1. The Morgan fingerprint density at radius 3 is 2.46 bits per heavy atom. The van der Waals surface area contributed by atoms with Crippen molar-refractivity contribution in [3.63, 3.8) is 0 Å². The number of benzene rings is 2. The molecule has 0 radical (unpaired) electrons. The highest BCUT2D eigenvalue weighted by Gasteiger charge is 2.30. The lowest BCUT2D eigenvalue weighted by Gasteiger charge is -2.34. The van der Waals surface area contributed by atoms with Crippen molar-refractivity contribution < 1.29 is 22.7 Å². The Kier molecular flexibility index (Phi) is 7.52. The van der Waals surface area contributed by atoms with E-state index in [9.17, 15) is 18.0 Å². The van der Waals surface area contributed by atoms with Gasteiger partial charge in [0.15, 0.2) is 0 Å². The zero-order valence-electron chi connectivity index (χ0n) is 20.1. The Morgan fingerprint density at radius 2 is 1.74 bits per heavy atom. The molecule has 4 nitrogen and oxygen atoms in total. The molecule has 0 atom stereocenters. The number of amides is 1. The number of carbonyl (C=O) groups is 1. The molecule has 0 N–H and O–H groups in total. The predicted molar refractivity (Wildman–Crippen MR) is 132 cm³/mol. The van der Waals surface area contributed by atoms with E-state index in [4.69, 9.17) is 4.74 Å². The van der Waals surface area contributed by atoms with Crippen molar-refractivity contribution in [1.82, 2.24) is 9.80 Å². The average Bonchev–Trinajstić information content (AvgIpc) is 3.29.